The fourth-order valence-corrected chi connectivity index (χ4v) is 5.62. The first-order valence-electron chi connectivity index (χ1n) is 16.5. The minimum Gasteiger partial charge on any atom is -0.497 e. The summed E-state index contributed by atoms with van der Waals surface area (Å²) in [6.45, 7) is 1.37. The summed E-state index contributed by atoms with van der Waals surface area (Å²) >= 11 is 0. The molecule has 9 nitrogen and oxygen atoms in total. The Kier molecular flexibility index (Phi) is 11.7. The van der Waals surface area contributed by atoms with Gasteiger partial charge >= 0.3 is 0 Å². The highest BCUT2D eigenvalue weighted by Crippen LogP contribution is 2.22. The summed E-state index contributed by atoms with van der Waals surface area (Å²) in [7, 11) is 11.2. The Hall–Kier alpha value is -5.83. The molecule has 1 aromatic heterocycles. The molecular formula is C41H45N5O4. The van der Waals surface area contributed by atoms with Crippen molar-refractivity contribution in [2.24, 2.45) is 0 Å². The zero-order valence-corrected chi connectivity index (χ0v) is 29.7. The highest BCUT2D eigenvalue weighted by molar-refractivity contribution is 5.96. The number of carbonyl (C=O) groups is 2. The van der Waals surface area contributed by atoms with Crippen molar-refractivity contribution in [1.82, 2.24) is 14.8 Å². The topological polar surface area (TPSA) is 78.5 Å². The van der Waals surface area contributed by atoms with E-state index in [1.807, 2.05) is 135 Å². The molecule has 0 spiro atoms. The van der Waals surface area contributed by atoms with Gasteiger partial charge in [0.15, 0.2) is 0 Å². The molecule has 0 aliphatic rings. The van der Waals surface area contributed by atoms with Crippen molar-refractivity contribution in [3.63, 3.8) is 0 Å². The highest BCUT2D eigenvalue weighted by Gasteiger charge is 2.23. The smallest absolute Gasteiger partial charge is 0.273 e. The number of pyridine rings is 1. The maximum atomic E-state index is 14.3. The van der Waals surface area contributed by atoms with E-state index in [-0.39, 0.29) is 23.2 Å². The Bertz CT molecular complexity index is 1790. The first kappa shape index (κ1) is 35.5. The number of hydrogen-bond acceptors (Lipinski definition) is 7. The zero-order valence-electron chi connectivity index (χ0n) is 29.7. The van der Waals surface area contributed by atoms with E-state index in [4.69, 9.17) is 9.47 Å². The van der Waals surface area contributed by atoms with Crippen LogP contribution in [0.15, 0.2) is 115 Å². The lowest BCUT2D eigenvalue weighted by molar-refractivity contribution is 0.0715. The summed E-state index contributed by atoms with van der Waals surface area (Å²) in [5.41, 5.74) is 6.32. The molecule has 0 atom stereocenters. The summed E-state index contributed by atoms with van der Waals surface area (Å²) < 4.78 is 10.9. The van der Waals surface area contributed by atoms with Crippen molar-refractivity contribution in [2.75, 3.05) is 52.2 Å². The van der Waals surface area contributed by atoms with Gasteiger partial charge in [-0.1, -0.05) is 54.6 Å². The van der Waals surface area contributed by atoms with Gasteiger partial charge in [-0.3, -0.25) is 9.59 Å². The van der Waals surface area contributed by atoms with Crippen LogP contribution in [-0.4, -0.2) is 69.0 Å². The first-order valence-corrected chi connectivity index (χ1v) is 16.5. The molecule has 0 fully saturated rings. The van der Waals surface area contributed by atoms with Crippen molar-refractivity contribution in [2.45, 2.75) is 26.2 Å². The number of hydrogen-bond donors (Lipinski definition) is 0. The largest absolute Gasteiger partial charge is 0.497 e. The average molecular weight is 672 g/mol. The van der Waals surface area contributed by atoms with Crippen molar-refractivity contribution in [3.05, 3.63) is 149 Å². The van der Waals surface area contributed by atoms with Crippen molar-refractivity contribution >= 4 is 23.2 Å². The van der Waals surface area contributed by atoms with Gasteiger partial charge in [0.1, 0.15) is 22.9 Å². The Morgan fingerprint density at radius 2 is 0.860 bits per heavy atom. The van der Waals surface area contributed by atoms with E-state index < -0.39 is 0 Å². The van der Waals surface area contributed by atoms with E-state index in [0.29, 0.717) is 37.7 Å². The van der Waals surface area contributed by atoms with E-state index in [1.165, 1.54) is 0 Å². The number of ether oxygens (including phenoxy) is 2. The number of anilines is 2. The molecule has 9 heteroatoms. The van der Waals surface area contributed by atoms with Crippen LogP contribution in [0.2, 0.25) is 0 Å². The molecule has 0 N–H and O–H groups in total. The van der Waals surface area contributed by atoms with Gasteiger partial charge in [0.25, 0.3) is 11.8 Å². The second-order valence-electron chi connectivity index (χ2n) is 12.6. The monoisotopic (exact) mass is 671 g/mol. The molecule has 0 radical (unpaired) electrons. The maximum Gasteiger partial charge on any atom is 0.273 e. The third kappa shape index (κ3) is 9.19. The second kappa shape index (κ2) is 16.5. The Balaban J connectivity index is 1.45. The highest BCUT2D eigenvalue weighted by atomic mass is 16.5. The lowest BCUT2D eigenvalue weighted by Crippen LogP contribution is -2.33. The normalized spacial score (nSPS) is 10.7. The lowest BCUT2D eigenvalue weighted by atomic mass is 10.1. The number of carbonyl (C=O) groups excluding carboxylic acids is 2. The number of rotatable bonds is 14. The van der Waals surface area contributed by atoms with Crippen LogP contribution in [0.25, 0.3) is 0 Å². The molecule has 4 aromatic carbocycles. The van der Waals surface area contributed by atoms with Gasteiger partial charge in [-0.25, -0.2) is 4.98 Å². The SMILES string of the molecule is COc1cccc(CN(Cc2cccc(OC)c2)C(=O)c2cccc(C(=O)N(Cc3ccc(N(C)C)cc3)Cc3ccc(N(C)C)cc3)n2)c1. The number of aromatic nitrogens is 1. The van der Waals surface area contributed by atoms with E-state index in [0.717, 1.165) is 33.6 Å². The van der Waals surface area contributed by atoms with Gasteiger partial charge < -0.3 is 29.1 Å². The fraction of sp³-hybridized carbons (Fsp3) is 0.244. The van der Waals surface area contributed by atoms with Crippen LogP contribution >= 0.6 is 0 Å². The number of benzene rings is 4. The van der Waals surface area contributed by atoms with E-state index in [1.54, 1.807) is 42.2 Å². The standard InChI is InChI=1S/C41H45N5O4/c1-43(2)34-20-16-30(17-21-34)26-45(27-31-18-22-35(23-19-31)44(3)4)40(47)38-14-9-15-39(42-38)41(48)46(28-32-10-7-12-36(24-32)49-5)29-33-11-8-13-37(25-33)50-6/h7-25H,26-29H2,1-6H3. The lowest BCUT2D eigenvalue weighted by Gasteiger charge is -2.25. The van der Waals surface area contributed by atoms with Crippen LogP contribution < -0.4 is 19.3 Å². The number of methoxy groups -OCH3 is 2. The summed E-state index contributed by atoms with van der Waals surface area (Å²) in [5.74, 6) is 0.847. The Morgan fingerprint density at radius 3 is 1.22 bits per heavy atom. The predicted molar refractivity (Wildman–Crippen MR) is 199 cm³/mol. The van der Waals surface area contributed by atoms with Crippen LogP contribution in [0.3, 0.4) is 0 Å². The van der Waals surface area contributed by atoms with Crippen LogP contribution in [0.5, 0.6) is 11.5 Å². The van der Waals surface area contributed by atoms with Crippen molar-refractivity contribution < 1.29 is 19.1 Å². The van der Waals surface area contributed by atoms with E-state index >= 15 is 0 Å². The molecule has 1 heterocycles. The molecule has 0 aliphatic heterocycles. The zero-order chi connectivity index (χ0) is 35.6. The maximum absolute atomic E-state index is 14.3. The summed E-state index contributed by atoms with van der Waals surface area (Å²) in [6.07, 6.45) is 0. The van der Waals surface area contributed by atoms with E-state index in [2.05, 4.69) is 4.98 Å². The molecule has 50 heavy (non-hydrogen) atoms. The predicted octanol–water partition coefficient (Wildman–Crippen LogP) is 6.92. The Labute approximate surface area is 295 Å². The van der Waals surface area contributed by atoms with Crippen LogP contribution in [0, 0.1) is 0 Å². The molecule has 5 rings (SSSR count). The van der Waals surface area contributed by atoms with Crippen LogP contribution in [-0.2, 0) is 26.2 Å². The molecule has 0 saturated heterocycles. The minimum absolute atomic E-state index is 0.187. The third-order valence-corrected chi connectivity index (χ3v) is 8.43. The second-order valence-corrected chi connectivity index (χ2v) is 12.6. The first-order chi connectivity index (χ1) is 24.1. The average Bonchev–Trinajstić information content (AvgIpc) is 3.14. The number of nitrogens with zero attached hydrogens (tertiary/aromatic N) is 5. The van der Waals surface area contributed by atoms with Gasteiger partial charge in [0, 0.05) is 65.7 Å². The van der Waals surface area contributed by atoms with Crippen molar-refractivity contribution in [3.8, 4) is 11.5 Å². The number of amides is 2. The van der Waals surface area contributed by atoms with Crippen LogP contribution in [0.4, 0.5) is 11.4 Å². The molecular weight excluding hydrogens is 626 g/mol. The molecule has 0 bridgehead atoms. The van der Waals surface area contributed by atoms with Gasteiger partial charge in [-0.15, -0.1) is 0 Å². The van der Waals surface area contributed by atoms with Gasteiger partial charge in [-0.2, -0.15) is 0 Å². The molecule has 2 amide bonds. The van der Waals surface area contributed by atoms with Crippen LogP contribution in [0.1, 0.15) is 43.2 Å². The molecule has 258 valence electrons. The summed E-state index contributed by atoms with van der Waals surface area (Å²) in [4.78, 5) is 40.7. The summed E-state index contributed by atoms with van der Waals surface area (Å²) in [6, 6.07) is 36.6. The molecule has 5 aromatic rings. The van der Waals surface area contributed by atoms with Crippen molar-refractivity contribution in [1.29, 1.82) is 0 Å². The van der Waals surface area contributed by atoms with E-state index in [9.17, 15) is 9.59 Å². The molecule has 0 unspecified atom stereocenters. The minimum atomic E-state index is -0.296. The van der Waals surface area contributed by atoms with Gasteiger partial charge in [0.2, 0.25) is 0 Å². The quantitative estimate of drug-likeness (QED) is 0.127. The molecule has 0 aliphatic carbocycles. The Morgan fingerprint density at radius 1 is 0.500 bits per heavy atom. The molecule has 0 saturated carbocycles. The third-order valence-electron chi connectivity index (χ3n) is 8.43. The summed E-state index contributed by atoms with van der Waals surface area (Å²) in [5, 5.41) is 0. The fourth-order valence-electron chi connectivity index (χ4n) is 5.62. The van der Waals surface area contributed by atoms with Gasteiger partial charge in [-0.05, 0) is 82.9 Å². The van der Waals surface area contributed by atoms with Gasteiger partial charge in [0.05, 0.1) is 14.2 Å².